The van der Waals surface area contributed by atoms with Crippen LogP contribution in [0.4, 0.5) is 0 Å². The van der Waals surface area contributed by atoms with E-state index in [1.807, 2.05) is 54.6 Å². The predicted molar refractivity (Wildman–Crippen MR) is 75.1 cm³/mol. The van der Waals surface area contributed by atoms with Crippen LogP contribution in [0.15, 0.2) is 54.6 Å². The fraction of sp³-hybridized carbons (Fsp3) is 0.0667. The van der Waals surface area contributed by atoms with Crippen molar-refractivity contribution in [3.05, 3.63) is 70.9 Å². The van der Waals surface area contributed by atoms with Crippen LogP contribution >= 0.6 is 11.6 Å². The molecule has 19 heavy (non-hydrogen) atoms. The summed E-state index contributed by atoms with van der Waals surface area (Å²) >= 11 is 6.32. The summed E-state index contributed by atoms with van der Waals surface area (Å²) in [4.78, 5) is 0. The van der Waals surface area contributed by atoms with Crippen LogP contribution in [0.25, 0.3) is 10.9 Å². The first-order chi connectivity index (χ1) is 9.27. The van der Waals surface area contributed by atoms with Crippen molar-refractivity contribution in [2.75, 3.05) is 0 Å². The lowest BCUT2D eigenvalue weighted by molar-refractivity contribution is 0.214. The Bertz CT molecular complexity index is 716. The number of nitrogens with zero attached hydrogens (tertiary/aromatic N) is 2. The van der Waals surface area contributed by atoms with Crippen LogP contribution in [0.2, 0.25) is 5.02 Å². The molecular formula is C15H11ClN2O. The summed E-state index contributed by atoms with van der Waals surface area (Å²) in [6.07, 6.45) is -0.870. The first kappa shape index (κ1) is 12.1. The highest BCUT2D eigenvalue weighted by molar-refractivity contribution is 6.35. The van der Waals surface area contributed by atoms with Gasteiger partial charge in [-0.3, -0.25) is 0 Å². The van der Waals surface area contributed by atoms with Gasteiger partial charge in [0.1, 0.15) is 11.8 Å². The largest absolute Gasteiger partial charge is 0.382 e. The molecule has 0 amide bonds. The molecule has 0 aliphatic heterocycles. The molecule has 3 rings (SSSR count). The Morgan fingerprint density at radius 3 is 2.37 bits per heavy atom. The average molecular weight is 271 g/mol. The van der Waals surface area contributed by atoms with E-state index in [9.17, 15) is 5.11 Å². The van der Waals surface area contributed by atoms with Crippen molar-refractivity contribution in [1.82, 2.24) is 10.2 Å². The van der Waals surface area contributed by atoms with Gasteiger partial charge in [0.15, 0.2) is 0 Å². The molecular weight excluding hydrogens is 260 g/mol. The summed E-state index contributed by atoms with van der Waals surface area (Å²) in [5.41, 5.74) is 1.84. The zero-order valence-corrected chi connectivity index (χ0v) is 10.7. The van der Waals surface area contributed by atoms with E-state index >= 15 is 0 Å². The van der Waals surface area contributed by atoms with Gasteiger partial charge < -0.3 is 5.11 Å². The van der Waals surface area contributed by atoms with E-state index in [4.69, 9.17) is 11.6 Å². The van der Waals surface area contributed by atoms with Crippen molar-refractivity contribution in [3.8, 4) is 0 Å². The third kappa shape index (κ3) is 2.18. The van der Waals surface area contributed by atoms with Gasteiger partial charge in [0, 0.05) is 5.39 Å². The molecule has 1 unspecified atom stereocenters. The Labute approximate surface area is 115 Å². The Hall–Kier alpha value is -1.97. The summed E-state index contributed by atoms with van der Waals surface area (Å²) in [6, 6.07) is 16.7. The molecule has 4 heteroatoms. The third-order valence-corrected chi connectivity index (χ3v) is 3.40. The van der Waals surface area contributed by atoms with Crippen LogP contribution in [-0.2, 0) is 0 Å². The second kappa shape index (κ2) is 4.96. The highest BCUT2D eigenvalue weighted by atomic mass is 35.5. The van der Waals surface area contributed by atoms with Crippen molar-refractivity contribution in [2.45, 2.75) is 6.10 Å². The second-order valence-corrected chi connectivity index (χ2v) is 4.61. The Morgan fingerprint density at radius 1 is 0.895 bits per heavy atom. The lowest BCUT2D eigenvalue weighted by atomic mass is 10.1. The topological polar surface area (TPSA) is 46.0 Å². The van der Waals surface area contributed by atoms with Crippen LogP contribution in [0.1, 0.15) is 17.4 Å². The number of fused-ring (bicyclic) bond motifs is 1. The standard InChI is InChI=1S/C15H11ClN2O/c16-13-11-8-4-5-9-12(11)17-18-14(13)15(19)10-6-2-1-3-7-10/h1-9,15,19H. The van der Waals surface area contributed by atoms with Crippen LogP contribution in [-0.4, -0.2) is 15.3 Å². The van der Waals surface area contributed by atoms with E-state index in [2.05, 4.69) is 10.2 Å². The number of rotatable bonds is 2. The molecule has 0 aliphatic carbocycles. The van der Waals surface area contributed by atoms with Crippen LogP contribution in [0.5, 0.6) is 0 Å². The number of hydrogen-bond acceptors (Lipinski definition) is 3. The van der Waals surface area contributed by atoms with Crippen LogP contribution in [0, 0.1) is 0 Å². The summed E-state index contributed by atoms with van der Waals surface area (Å²) in [5.74, 6) is 0. The Balaban J connectivity index is 2.13. The molecule has 0 bridgehead atoms. The summed E-state index contributed by atoms with van der Waals surface area (Å²) in [5, 5.41) is 19.7. The molecule has 1 atom stereocenters. The fourth-order valence-corrected chi connectivity index (χ4v) is 2.30. The van der Waals surface area contributed by atoms with Crippen molar-refractivity contribution in [3.63, 3.8) is 0 Å². The van der Waals surface area contributed by atoms with Crippen molar-refractivity contribution in [2.24, 2.45) is 0 Å². The van der Waals surface area contributed by atoms with Crippen LogP contribution in [0.3, 0.4) is 0 Å². The molecule has 3 aromatic rings. The maximum absolute atomic E-state index is 10.3. The normalized spacial score (nSPS) is 12.5. The molecule has 94 valence electrons. The monoisotopic (exact) mass is 270 g/mol. The minimum atomic E-state index is -0.870. The van der Waals surface area contributed by atoms with Gasteiger partial charge in [-0.1, -0.05) is 60.1 Å². The zero-order valence-electron chi connectivity index (χ0n) is 9.99. The predicted octanol–water partition coefficient (Wildman–Crippen LogP) is 3.36. The average Bonchev–Trinajstić information content (AvgIpc) is 2.48. The highest BCUT2D eigenvalue weighted by Crippen LogP contribution is 2.30. The molecule has 1 aromatic heterocycles. The third-order valence-electron chi connectivity index (χ3n) is 3.01. The first-order valence-corrected chi connectivity index (χ1v) is 6.29. The van der Waals surface area contributed by atoms with Crippen molar-refractivity contribution < 1.29 is 5.11 Å². The number of aromatic nitrogens is 2. The van der Waals surface area contributed by atoms with Crippen molar-refractivity contribution >= 4 is 22.5 Å². The zero-order chi connectivity index (χ0) is 13.2. The van der Waals surface area contributed by atoms with Gasteiger partial charge in [-0.25, -0.2) is 0 Å². The van der Waals surface area contributed by atoms with Gasteiger partial charge in [-0.05, 0) is 11.6 Å². The summed E-state index contributed by atoms with van der Waals surface area (Å²) in [6.45, 7) is 0. The van der Waals surface area contributed by atoms with E-state index in [0.717, 1.165) is 16.5 Å². The minimum Gasteiger partial charge on any atom is -0.382 e. The van der Waals surface area contributed by atoms with Gasteiger partial charge >= 0.3 is 0 Å². The smallest absolute Gasteiger partial charge is 0.124 e. The maximum Gasteiger partial charge on any atom is 0.124 e. The molecule has 0 aliphatic rings. The maximum atomic E-state index is 10.3. The number of hydrogen-bond donors (Lipinski definition) is 1. The van der Waals surface area contributed by atoms with Gasteiger partial charge in [-0.2, -0.15) is 10.2 Å². The molecule has 1 heterocycles. The SMILES string of the molecule is OC(c1ccccc1)c1nnc2ccccc2c1Cl. The molecule has 0 spiro atoms. The van der Waals surface area contributed by atoms with Gasteiger partial charge in [-0.15, -0.1) is 0 Å². The first-order valence-electron chi connectivity index (χ1n) is 5.91. The lowest BCUT2D eigenvalue weighted by Crippen LogP contribution is -2.05. The van der Waals surface area contributed by atoms with Crippen molar-refractivity contribution in [1.29, 1.82) is 0 Å². The van der Waals surface area contributed by atoms with Crippen LogP contribution < -0.4 is 0 Å². The van der Waals surface area contributed by atoms with E-state index < -0.39 is 6.10 Å². The van der Waals surface area contributed by atoms with Gasteiger partial charge in [0.05, 0.1) is 10.5 Å². The Morgan fingerprint density at radius 2 is 1.58 bits per heavy atom. The van der Waals surface area contributed by atoms with Gasteiger partial charge in [0.25, 0.3) is 0 Å². The molecule has 3 nitrogen and oxygen atoms in total. The molecule has 0 saturated heterocycles. The van der Waals surface area contributed by atoms with E-state index in [0.29, 0.717) is 10.7 Å². The van der Waals surface area contributed by atoms with E-state index in [1.54, 1.807) is 0 Å². The number of aliphatic hydroxyl groups excluding tert-OH is 1. The summed E-state index contributed by atoms with van der Waals surface area (Å²) in [7, 11) is 0. The molecule has 0 fully saturated rings. The number of benzene rings is 2. The summed E-state index contributed by atoms with van der Waals surface area (Å²) < 4.78 is 0. The molecule has 0 saturated carbocycles. The number of halogens is 1. The number of aliphatic hydroxyl groups is 1. The molecule has 1 N–H and O–H groups in total. The molecule has 0 radical (unpaired) electrons. The van der Waals surface area contributed by atoms with E-state index in [-0.39, 0.29) is 0 Å². The Kier molecular flexibility index (Phi) is 3.15. The lowest BCUT2D eigenvalue weighted by Gasteiger charge is -2.12. The highest BCUT2D eigenvalue weighted by Gasteiger charge is 2.18. The van der Waals surface area contributed by atoms with E-state index in [1.165, 1.54) is 0 Å². The fourth-order valence-electron chi connectivity index (χ4n) is 2.00. The molecule has 2 aromatic carbocycles. The second-order valence-electron chi connectivity index (χ2n) is 4.23. The van der Waals surface area contributed by atoms with Gasteiger partial charge in [0.2, 0.25) is 0 Å². The minimum absolute atomic E-state index is 0.381. The quantitative estimate of drug-likeness (QED) is 0.777.